The van der Waals surface area contributed by atoms with Crippen LogP contribution in [0.2, 0.25) is 0 Å². The molecule has 32 heavy (non-hydrogen) atoms. The number of sulfonamides is 1. The molecule has 1 fully saturated rings. The van der Waals surface area contributed by atoms with Crippen LogP contribution in [-0.2, 0) is 17.1 Å². The molecule has 4 rings (SSSR count). The largest absolute Gasteiger partial charge is 0.350 e. The molecule has 2 heterocycles. The minimum Gasteiger partial charge on any atom is -0.350 e. The Morgan fingerprint density at radius 3 is 2.66 bits per heavy atom. The molecule has 0 amide bonds. The van der Waals surface area contributed by atoms with Gasteiger partial charge in [-0.2, -0.15) is 9.41 Å². The Morgan fingerprint density at radius 1 is 1.12 bits per heavy atom. The second kappa shape index (κ2) is 9.40. The highest BCUT2D eigenvalue weighted by atomic mass is 32.2. The van der Waals surface area contributed by atoms with Crippen LogP contribution in [-0.4, -0.2) is 41.7 Å². The molecule has 9 heteroatoms. The lowest BCUT2D eigenvalue weighted by molar-refractivity contribution is 0.346. The molecule has 0 saturated carbocycles. The summed E-state index contributed by atoms with van der Waals surface area (Å²) >= 11 is 5.31. The average molecular weight is 470 g/mol. The van der Waals surface area contributed by atoms with Gasteiger partial charge in [-0.15, -0.1) is 0 Å². The van der Waals surface area contributed by atoms with Crippen LogP contribution in [0.4, 0.5) is 5.69 Å². The monoisotopic (exact) mass is 469 g/mol. The smallest absolute Gasteiger partial charge is 0.243 e. The highest BCUT2D eigenvalue weighted by molar-refractivity contribution is 7.89. The van der Waals surface area contributed by atoms with E-state index in [9.17, 15) is 8.42 Å². The van der Waals surface area contributed by atoms with Crippen molar-refractivity contribution < 1.29 is 8.42 Å². The van der Waals surface area contributed by atoms with Crippen molar-refractivity contribution in [3.8, 4) is 0 Å². The summed E-state index contributed by atoms with van der Waals surface area (Å²) in [7, 11) is -1.57. The number of rotatable bonds is 5. The summed E-state index contributed by atoms with van der Waals surface area (Å²) in [6.45, 7) is 3.18. The average Bonchev–Trinajstić information content (AvgIpc) is 3.09. The lowest BCUT2D eigenvalue weighted by Crippen LogP contribution is -2.35. The summed E-state index contributed by atoms with van der Waals surface area (Å²) in [5, 5.41) is 8.55. The van der Waals surface area contributed by atoms with Crippen molar-refractivity contribution in [1.82, 2.24) is 14.3 Å². The number of benzene rings is 2. The van der Waals surface area contributed by atoms with Crippen LogP contribution in [0.15, 0.2) is 58.7 Å². The molecule has 0 spiro atoms. The first-order valence-corrected chi connectivity index (χ1v) is 12.5. The molecule has 2 N–H and O–H groups in total. The predicted molar refractivity (Wildman–Crippen MR) is 134 cm³/mol. The van der Waals surface area contributed by atoms with E-state index in [2.05, 4.69) is 15.8 Å². The van der Waals surface area contributed by atoms with E-state index in [-0.39, 0.29) is 0 Å². The second-order valence-corrected chi connectivity index (χ2v) is 10.4. The summed E-state index contributed by atoms with van der Waals surface area (Å²) < 4.78 is 29.7. The van der Waals surface area contributed by atoms with Crippen LogP contribution < -0.4 is 10.7 Å². The van der Waals surface area contributed by atoms with Crippen molar-refractivity contribution in [2.75, 3.05) is 18.4 Å². The molecule has 0 unspecified atom stereocenters. The summed E-state index contributed by atoms with van der Waals surface area (Å²) in [5.41, 5.74) is 6.58. The van der Waals surface area contributed by atoms with Gasteiger partial charge in [0.15, 0.2) is 5.11 Å². The van der Waals surface area contributed by atoms with Gasteiger partial charge in [0, 0.05) is 48.5 Å². The molecule has 0 aliphatic carbocycles. The number of hydrogen-bond acceptors (Lipinski definition) is 4. The molecule has 7 nitrogen and oxygen atoms in total. The summed E-state index contributed by atoms with van der Waals surface area (Å²) in [4.78, 5) is 0.317. The van der Waals surface area contributed by atoms with Crippen LogP contribution in [0.25, 0.3) is 10.9 Å². The predicted octanol–water partition coefficient (Wildman–Crippen LogP) is 3.98. The number of aromatic nitrogens is 1. The third kappa shape index (κ3) is 4.85. The first kappa shape index (κ1) is 22.4. The first-order valence-electron chi connectivity index (χ1n) is 10.6. The molecule has 1 aliphatic heterocycles. The zero-order valence-electron chi connectivity index (χ0n) is 18.2. The number of anilines is 1. The molecule has 0 radical (unpaired) electrons. The number of nitrogens with zero attached hydrogens (tertiary/aromatic N) is 3. The van der Waals surface area contributed by atoms with Gasteiger partial charge in [0.1, 0.15) is 0 Å². The third-order valence-electron chi connectivity index (χ3n) is 5.59. The van der Waals surface area contributed by atoms with Gasteiger partial charge in [0.2, 0.25) is 10.0 Å². The Kier molecular flexibility index (Phi) is 6.59. The lowest BCUT2D eigenvalue weighted by Gasteiger charge is -2.25. The van der Waals surface area contributed by atoms with Crippen LogP contribution in [0.5, 0.6) is 0 Å². The quantitative estimate of drug-likeness (QED) is 0.336. The maximum absolute atomic E-state index is 13.1. The van der Waals surface area contributed by atoms with Gasteiger partial charge in [0.25, 0.3) is 0 Å². The van der Waals surface area contributed by atoms with E-state index < -0.39 is 10.0 Å². The van der Waals surface area contributed by atoms with E-state index in [1.54, 1.807) is 22.7 Å². The van der Waals surface area contributed by atoms with Crippen LogP contribution >= 0.6 is 12.2 Å². The molecule has 1 saturated heterocycles. The standard InChI is InChI=1S/C23H27N5O2S2/c1-17-7-6-8-19(13-17)25-23(31)26-24-15-18-16-27(2)22-10-9-20(14-21(18)22)32(29,30)28-11-4-3-5-12-28/h6-10,13-16H,3-5,11-12H2,1-2H3,(H2,25,26,31)/b24-15+. The maximum Gasteiger partial charge on any atom is 0.243 e. The molecule has 0 atom stereocenters. The van der Waals surface area contributed by atoms with Gasteiger partial charge in [-0.1, -0.05) is 18.6 Å². The Morgan fingerprint density at radius 2 is 1.91 bits per heavy atom. The highest BCUT2D eigenvalue weighted by Crippen LogP contribution is 2.26. The SMILES string of the molecule is Cc1cccc(NC(=S)N/N=C/c2cn(C)c3ccc(S(=O)(=O)N4CCCCC4)cc23)c1. The van der Waals surface area contributed by atoms with Crippen LogP contribution in [0, 0.1) is 6.92 Å². The number of thiocarbonyl (C=S) groups is 1. The number of piperidine rings is 1. The number of hydrazone groups is 1. The van der Waals surface area contributed by atoms with Gasteiger partial charge in [-0.25, -0.2) is 8.42 Å². The maximum atomic E-state index is 13.1. The molecule has 1 aromatic heterocycles. The first-order chi connectivity index (χ1) is 15.3. The number of nitrogens with one attached hydrogen (secondary N) is 2. The van der Waals surface area contributed by atoms with Gasteiger partial charge in [-0.3, -0.25) is 5.43 Å². The Labute approximate surface area is 194 Å². The Hall–Kier alpha value is -2.75. The summed E-state index contributed by atoms with van der Waals surface area (Å²) in [5.74, 6) is 0. The fourth-order valence-electron chi connectivity index (χ4n) is 3.96. The Bertz CT molecular complexity index is 1270. The topological polar surface area (TPSA) is 78.7 Å². The van der Waals surface area contributed by atoms with Crippen molar-refractivity contribution in [1.29, 1.82) is 0 Å². The van der Waals surface area contributed by atoms with Crippen molar-refractivity contribution in [2.24, 2.45) is 12.1 Å². The third-order valence-corrected chi connectivity index (χ3v) is 7.68. The second-order valence-electron chi connectivity index (χ2n) is 8.03. The molecular weight excluding hydrogens is 442 g/mol. The summed E-state index contributed by atoms with van der Waals surface area (Å²) in [6.07, 6.45) is 6.48. The fourth-order valence-corrected chi connectivity index (χ4v) is 5.68. The zero-order valence-corrected chi connectivity index (χ0v) is 19.8. The van der Waals surface area contributed by atoms with E-state index in [0.717, 1.165) is 47.0 Å². The Balaban J connectivity index is 1.53. The fraction of sp³-hybridized carbons (Fsp3) is 0.304. The number of fused-ring (bicyclic) bond motifs is 1. The molecular formula is C23H27N5O2S2. The summed E-state index contributed by atoms with van der Waals surface area (Å²) in [6, 6.07) is 13.2. The van der Waals surface area contributed by atoms with E-state index in [0.29, 0.717) is 23.1 Å². The van der Waals surface area contributed by atoms with Crippen molar-refractivity contribution >= 4 is 50.2 Å². The van der Waals surface area contributed by atoms with E-state index in [1.165, 1.54) is 0 Å². The van der Waals surface area contributed by atoms with Crippen LogP contribution in [0.3, 0.4) is 0 Å². The molecule has 1 aliphatic rings. The zero-order chi connectivity index (χ0) is 22.7. The molecule has 2 aromatic carbocycles. The normalized spacial score (nSPS) is 15.3. The minimum atomic E-state index is -3.50. The van der Waals surface area contributed by atoms with E-state index in [4.69, 9.17) is 12.2 Å². The molecule has 0 bridgehead atoms. The van der Waals surface area contributed by atoms with Gasteiger partial charge >= 0.3 is 0 Å². The number of aryl methyl sites for hydroxylation is 2. The van der Waals surface area contributed by atoms with E-state index >= 15 is 0 Å². The van der Waals surface area contributed by atoms with Crippen molar-refractivity contribution in [3.63, 3.8) is 0 Å². The van der Waals surface area contributed by atoms with Gasteiger partial charge in [-0.05, 0) is 67.9 Å². The van der Waals surface area contributed by atoms with Gasteiger partial charge in [0.05, 0.1) is 11.1 Å². The van der Waals surface area contributed by atoms with Crippen LogP contribution in [0.1, 0.15) is 30.4 Å². The number of hydrogen-bond donors (Lipinski definition) is 2. The van der Waals surface area contributed by atoms with E-state index in [1.807, 2.05) is 55.1 Å². The van der Waals surface area contributed by atoms with Gasteiger partial charge < -0.3 is 9.88 Å². The van der Waals surface area contributed by atoms with Crippen molar-refractivity contribution in [2.45, 2.75) is 31.1 Å². The molecule has 168 valence electrons. The lowest BCUT2D eigenvalue weighted by atomic mass is 10.2. The molecule has 3 aromatic rings. The highest BCUT2D eigenvalue weighted by Gasteiger charge is 2.26. The minimum absolute atomic E-state index is 0.317. The van der Waals surface area contributed by atoms with Crippen molar-refractivity contribution in [3.05, 3.63) is 59.8 Å².